The van der Waals surface area contributed by atoms with E-state index in [4.69, 9.17) is 9.84 Å². The molecule has 0 saturated carbocycles. The third-order valence-electron chi connectivity index (χ3n) is 3.91. The maximum Gasteiger partial charge on any atom is 0.218 e. The molecule has 3 rings (SSSR count). The van der Waals surface area contributed by atoms with E-state index in [1.807, 2.05) is 30.8 Å². The smallest absolute Gasteiger partial charge is 0.218 e. The van der Waals surface area contributed by atoms with Gasteiger partial charge in [-0.1, -0.05) is 5.21 Å². The van der Waals surface area contributed by atoms with Crippen molar-refractivity contribution in [2.24, 2.45) is 0 Å². The lowest BCUT2D eigenvalue weighted by molar-refractivity contribution is 0.276. The number of nitrogens with zero attached hydrogens (tertiary/aromatic N) is 6. The van der Waals surface area contributed by atoms with Gasteiger partial charge in [-0.2, -0.15) is 4.98 Å². The molecule has 1 aliphatic rings. The highest BCUT2D eigenvalue weighted by Gasteiger charge is 2.24. The molecule has 8 heteroatoms. The molecule has 1 fully saturated rings. The molecule has 1 unspecified atom stereocenters. The number of hydrogen-bond donors (Lipinski definition) is 1. The molecule has 1 aliphatic heterocycles. The predicted octanol–water partition coefficient (Wildman–Crippen LogP) is 1.11. The first-order valence-corrected chi connectivity index (χ1v) is 7.94. The van der Waals surface area contributed by atoms with Gasteiger partial charge in [-0.3, -0.25) is 0 Å². The van der Waals surface area contributed by atoms with Crippen molar-refractivity contribution in [1.29, 1.82) is 0 Å². The van der Waals surface area contributed by atoms with Gasteiger partial charge in [-0.05, 0) is 26.7 Å². The van der Waals surface area contributed by atoms with Gasteiger partial charge in [0.15, 0.2) is 0 Å². The van der Waals surface area contributed by atoms with Gasteiger partial charge < -0.3 is 14.7 Å². The Hall–Kier alpha value is -2.22. The van der Waals surface area contributed by atoms with E-state index in [1.54, 1.807) is 0 Å². The molecule has 2 aromatic heterocycles. The van der Waals surface area contributed by atoms with Crippen molar-refractivity contribution in [1.82, 2.24) is 25.0 Å². The molecule has 0 amide bonds. The van der Waals surface area contributed by atoms with Crippen LogP contribution < -0.4 is 9.64 Å². The van der Waals surface area contributed by atoms with Gasteiger partial charge in [-0.15, -0.1) is 5.10 Å². The second-order valence-corrected chi connectivity index (χ2v) is 5.63. The summed E-state index contributed by atoms with van der Waals surface area (Å²) in [5, 5.41) is 17.2. The highest BCUT2D eigenvalue weighted by Crippen LogP contribution is 2.26. The van der Waals surface area contributed by atoms with Crippen molar-refractivity contribution in [3.63, 3.8) is 0 Å². The van der Waals surface area contributed by atoms with Crippen LogP contribution in [0.25, 0.3) is 0 Å². The van der Waals surface area contributed by atoms with E-state index >= 15 is 0 Å². The van der Waals surface area contributed by atoms with E-state index in [0.29, 0.717) is 24.0 Å². The first-order chi connectivity index (χ1) is 11.2. The van der Waals surface area contributed by atoms with Crippen molar-refractivity contribution in [2.45, 2.75) is 39.3 Å². The molecule has 0 aliphatic carbocycles. The van der Waals surface area contributed by atoms with Crippen LogP contribution in [0.1, 0.15) is 37.3 Å². The largest absolute Gasteiger partial charge is 0.478 e. The molecule has 0 spiro atoms. The zero-order valence-electron chi connectivity index (χ0n) is 13.5. The Bertz CT molecular complexity index is 659. The second-order valence-electron chi connectivity index (χ2n) is 5.63. The maximum absolute atomic E-state index is 9.13. The summed E-state index contributed by atoms with van der Waals surface area (Å²) in [5.74, 6) is 2.20. The molecule has 2 aromatic rings. The Balaban J connectivity index is 1.78. The summed E-state index contributed by atoms with van der Waals surface area (Å²) >= 11 is 0. The number of aliphatic hydroxyl groups is 1. The Morgan fingerprint density at radius 1 is 1.39 bits per heavy atom. The van der Waals surface area contributed by atoms with Crippen LogP contribution in [0.15, 0.2) is 12.3 Å². The third kappa shape index (κ3) is 3.58. The lowest BCUT2D eigenvalue weighted by atomic mass is 10.1. The molecule has 0 radical (unpaired) electrons. The van der Waals surface area contributed by atoms with E-state index in [9.17, 15) is 0 Å². The van der Waals surface area contributed by atoms with Gasteiger partial charge in [-0.25, -0.2) is 9.67 Å². The van der Waals surface area contributed by atoms with E-state index in [1.165, 1.54) is 0 Å². The topological polar surface area (TPSA) is 89.2 Å². The average Bonchev–Trinajstić information content (AvgIpc) is 3.04. The van der Waals surface area contributed by atoms with E-state index in [-0.39, 0.29) is 12.6 Å². The van der Waals surface area contributed by atoms with E-state index in [2.05, 4.69) is 25.2 Å². The first-order valence-electron chi connectivity index (χ1n) is 7.94. The molecule has 1 N–H and O–H groups in total. The third-order valence-corrected chi connectivity index (χ3v) is 3.91. The number of aliphatic hydroxyl groups excluding tert-OH is 1. The molecule has 1 atom stereocenters. The number of aromatic nitrogens is 5. The van der Waals surface area contributed by atoms with Crippen LogP contribution in [0.5, 0.6) is 5.88 Å². The van der Waals surface area contributed by atoms with Crippen molar-refractivity contribution >= 4 is 5.82 Å². The minimum Gasteiger partial charge on any atom is -0.478 e. The van der Waals surface area contributed by atoms with E-state index < -0.39 is 0 Å². The Morgan fingerprint density at radius 2 is 2.26 bits per heavy atom. The summed E-state index contributed by atoms with van der Waals surface area (Å²) in [6.45, 7) is 6.06. The highest BCUT2D eigenvalue weighted by molar-refractivity contribution is 5.42. The number of ether oxygens (including phenoxy) is 1. The molecular weight excluding hydrogens is 296 g/mol. The molecule has 0 bridgehead atoms. The fraction of sp³-hybridized carbons (Fsp3) is 0.600. The van der Waals surface area contributed by atoms with Crippen LogP contribution >= 0.6 is 0 Å². The van der Waals surface area contributed by atoms with Crippen molar-refractivity contribution < 1.29 is 9.84 Å². The number of aryl methyl sites for hydroxylation is 1. The summed E-state index contributed by atoms with van der Waals surface area (Å²) in [5.41, 5.74) is 0.596. The zero-order chi connectivity index (χ0) is 16.2. The lowest BCUT2D eigenvalue weighted by Crippen LogP contribution is -2.37. The first kappa shape index (κ1) is 15.7. The van der Waals surface area contributed by atoms with Crippen LogP contribution in [-0.4, -0.2) is 49.8 Å². The van der Waals surface area contributed by atoms with Gasteiger partial charge in [0.1, 0.15) is 17.3 Å². The maximum atomic E-state index is 9.13. The quantitative estimate of drug-likeness (QED) is 0.883. The van der Waals surface area contributed by atoms with Crippen LogP contribution in [0, 0.1) is 6.92 Å². The standard InChI is InChI=1S/C15H22N6O2/c1-3-23-15-7-14(16-11(2)17-15)20-6-4-5-13(9-20)21-8-12(10-22)18-19-21/h7-8,13,22H,3-6,9-10H2,1-2H3. The Labute approximate surface area is 135 Å². The van der Waals surface area contributed by atoms with Crippen LogP contribution in [-0.2, 0) is 6.61 Å². The highest BCUT2D eigenvalue weighted by atomic mass is 16.5. The van der Waals surface area contributed by atoms with Crippen molar-refractivity contribution in [2.75, 3.05) is 24.6 Å². The van der Waals surface area contributed by atoms with Crippen LogP contribution in [0.3, 0.4) is 0 Å². The monoisotopic (exact) mass is 318 g/mol. The average molecular weight is 318 g/mol. The Kier molecular flexibility index (Phi) is 4.71. The van der Waals surface area contributed by atoms with Gasteiger partial charge in [0, 0.05) is 19.2 Å². The normalized spacial score (nSPS) is 18.2. The minimum absolute atomic E-state index is 0.0841. The van der Waals surface area contributed by atoms with Gasteiger partial charge in [0.05, 0.1) is 25.5 Å². The minimum atomic E-state index is -0.0841. The van der Waals surface area contributed by atoms with Crippen LogP contribution in [0.2, 0.25) is 0 Å². The van der Waals surface area contributed by atoms with Crippen molar-refractivity contribution in [3.05, 3.63) is 23.8 Å². The zero-order valence-corrected chi connectivity index (χ0v) is 13.5. The van der Waals surface area contributed by atoms with Crippen LogP contribution in [0.4, 0.5) is 5.82 Å². The van der Waals surface area contributed by atoms with Gasteiger partial charge in [0.2, 0.25) is 5.88 Å². The molecular formula is C15H22N6O2. The number of hydrogen-bond acceptors (Lipinski definition) is 7. The summed E-state index contributed by atoms with van der Waals surface area (Å²) in [4.78, 5) is 11.1. The summed E-state index contributed by atoms with van der Waals surface area (Å²) in [6, 6.07) is 2.11. The number of piperidine rings is 1. The van der Waals surface area contributed by atoms with Gasteiger partial charge >= 0.3 is 0 Å². The fourth-order valence-corrected chi connectivity index (χ4v) is 2.85. The molecule has 0 aromatic carbocycles. The molecule has 23 heavy (non-hydrogen) atoms. The van der Waals surface area contributed by atoms with Crippen molar-refractivity contribution in [3.8, 4) is 5.88 Å². The van der Waals surface area contributed by atoms with E-state index in [0.717, 1.165) is 31.7 Å². The summed E-state index contributed by atoms with van der Waals surface area (Å²) in [7, 11) is 0. The molecule has 1 saturated heterocycles. The Morgan fingerprint density at radius 3 is 3.00 bits per heavy atom. The van der Waals surface area contributed by atoms with Gasteiger partial charge in [0.25, 0.3) is 0 Å². The number of anilines is 1. The number of rotatable bonds is 5. The fourth-order valence-electron chi connectivity index (χ4n) is 2.85. The molecule has 8 nitrogen and oxygen atoms in total. The molecule has 3 heterocycles. The SMILES string of the molecule is CCOc1cc(N2CCCC(n3cc(CO)nn3)C2)nc(C)n1. The second kappa shape index (κ2) is 6.91. The molecule has 124 valence electrons. The summed E-state index contributed by atoms with van der Waals surface area (Å²) in [6.07, 6.45) is 3.89. The lowest BCUT2D eigenvalue weighted by Gasteiger charge is -2.33. The predicted molar refractivity (Wildman–Crippen MR) is 84.4 cm³/mol. The summed E-state index contributed by atoms with van der Waals surface area (Å²) < 4.78 is 7.36.